The largest absolute Gasteiger partial charge is 0.350 e. The fourth-order valence-electron chi connectivity index (χ4n) is 2.60. The molecular formula is C15H19N3O. The predicted octanol–water partition coefficient (Wildman–Crippen LogP) is 2.51. The fraction of sp³-hybridized carbons (Fsp3) is 0.533. The minimum atomic E-state index is -0.151. The normalized spacial score (nSPS) is 22.5. The van der Waals surface area contributed by atoms with Crippen LogP contribution in [0.4, 0.5) is 0 Å². The van der Waals surface area contributed by atoms with Crippen LogP contribution in [0.1, 0.15) is 48.7 Å². The maximum Gasteiger partial charge on any atom is 0.269 e. The van der Waals surface area contributed by atoms with Crippen LogP contribution in [0.25, 0.3) is 0 Å². The van der Waals surface area contributed by atoms with E-state index in [-0.39, 0.29) is 5.91 Å². The molecule has 100 valence electrons. The smallest absolute Gasteiger partial charge is 0.269 e. The van der Waals surface area contributed by atoms with Crippen molar-refractivity contribution < 1.29 is 4.79 Å². The summed E-state index contributed by atoms with van der Waals surface area (Å²) in [6.45, 7) is 2.98. The van der Waals surface area contributed by atoms with Gasteiger partial charge in [-0.2, -0.15) is 5.26 Å². The molecule has 2 atom stereocenters. The maximum absolute atomic E-state index is 11.9. The summed E-state index contributed by atoms with van der Waals surface area (Å²) >= 11 is 0. The number of rotatable bonds is 3. The second-order valence-electron chi connectivity index (χ2n) is 5.28. The predicted molar refractivity (Wildman–Crippen MR) is 72.4 cm³/mol. The third kappa shape index (κ3) is 3.54. The van der Waals surface area contributed by atoms with Crippen LogP contribution in [0.15, 0.2) is 18.3 Å². The van der Waals surface area contributed by atoms with Crippen LogP contribution in [0, 0.1) is 23.2 Å². The first-order chi connectivity index (χ1) is 9.20. The van der Waals surface area contributed by atoms with Gasteiger partial charge in [0.05, 0.1) is 5.56 Å². The Bertz CT molecular complexity index is 475. The molecule has 0 spiro atoms. The lowest BCUT2D eigenvalue weighted by molar-refractivity contribution is 0.0931. The van der Waals surface area contributed by atoms with E-state index < -0.39 is 0 Å². The molecule has 0 radical (unpaired) electrons. The van der Waals surface area contributed by atoms with Crippen molar-refractivity contribution in [1.29, 1.82) is 5.26 Å². The van der Waals surface area contributed by atoms with Crippen molar-refractivity contribution >= 4 is 5.91 Å². The third-order valence-electron chi connectivity index (χ3n) is 3.94. The van der Waals surface area contributed by atoms with Crippen LogP contribution in [0.5, 0.6) is 0 Å². The molecule has 19 heavy (non-hydrogen) atoms. The highest BCUT2D eigenvalue weighted by molar-refractivity contribution is 5.92. The van der Waals surface area contributed by atoms with Crippen molar-refractivity contribution in [2.24, 2.45) is 11.8 Å². The molecule has 1 aromatic heterocycles. The number of pyridine rings is 1. The third-order valence-corrected chi connectivity index (χ3v) is 3.94. The second kappa shape index (κ2) is 6.33. The van der Waals surface area contributed by atoms with Crippen LogP contribution in [0.3, 0.4) is 0 Å². The molecule has 0 saturated heterocycles. The zero-order valence-corrected chi connectivity index (χ0v) is 11.2. The zero-order valence-electron chi connectivity index (χ0n) is 11.2. The van der Waals surface area contributed by atoms with E-state index in [1.165, 1.54) is 31.9 Å². The minimum absolute atomic E-state index is 0.151. The molecule has 1 heterocycles. The van der Waals surface area contributed by atoms with Gasteiger partial charge >= 0.3 is 0 Å². The number of carbonyl (C=O) groups is 1. The van der Waals surface area contributed by atoms with E-state index in [1.807, 2.05) is 6.07 Å². The Kier molecular flexibility index (Phi) is 4.51. The summed E-state index contributed by atoms with van der Waals surface area (Å²) in [4.78, 5) is 15.9. The molecule has 1 aliphatic carbocycles. The van der Waals surface area contributed by atoms with Gasteiger partial charge in [0.1, 0.15) is 11.8 Å². The number of nitrogens with zero attached hydrogens (tertiary/aromatic N) is 2. The number of nitriles is 1. The first kappa shape index (κ1) is 13.5. The van der Waals surface area contributed by atoms with Gasteiger partial charge in [-0.3, -0.25) is 4.79 Å². The van der Waals surface area contributed by atoms with Crippen molar-refractivity contribution in [3.05, 3.63) is 29.6 Å². The van der Waals surface area contributed by atoms with Crippen LogP contribution in [-0.2, 0) is 0 Å². The summed E-state index contributed by atoms with van der Waals surface area (Å²) in [6.07, 6.45) is 6.46. The second-order valence-corrected chi connectivity index (χ2v) is 5.28. The lowest BCUT2D eigenvalue weighted by Gasteiger charge is -2.28. The van der Waals surface area contributed by atoms with Crippen molar-refractivity contribution in [2.75, 3.05) is 6.54 Å². The highest BCUT2D eigenvalue weighted by Crippen LogP contribution is 2.28. The van der Waals surface area contributed by atoms with Gasteiger partial charge in [-0.15, -0.1) is 0 Å². The fourth-order valence-corrected chi connectivity index (χ4v) is 2.60. The van der Waals surface area contributed by atoms with Crippen molar-refractivity contribution in [3.8, 4) is 6.07 Å². The van der Waals surface area contributed by atoms with Crippen LogP contribution >= 0.6 is 0 Å². The number of hydrogen-bond acceptors (Lipinski definition) is 3. The molecule has 1 aliphatic rings. The Hall–Kier alpha value is -1.89. The molecule has 1 saturated carbocycles. The van der Waals surface area contributed by atoms with E-state index in [4.69, 9.17) is 5.26 Å². The van der Waals surface area contributed by atoms with Gasteiger partial charge in [0.25, 0.3) is 5.91 Å². The Morgan fingerprint density at radius 3 is 2.89 bits per heavy atom. The molecule has 1 N–H and O–H groups in total. The maximum atomic E-state index is 11.9. The summed E-state index contributed by atoms with van der Waals surface area (Å²) in [6, 6.07) is 5.20. The van der Waals surface area contributed by atoms with Crippen LogP contribution < -0.4 is 5.32 Å². The molecular weight excluding hydrogens is 238 g/mol. The van der Waals surface area contributed by atoms with Crippen molar-refractivity contribution in [3.63, 3.8) is 0 Å². The Morgan fingerprint density at radius 2 is 2.26 bits per heavy atom. The van der Waals surface area contributed by atoms with Gasteiger partial charge in [0.15, 0.2) is 0 Å². The molecule has 0 aromatic carbocycles. The Morgan fingerprint density at radius 1 is 1.47 bits per heavy atom. The molecule has 1 fully saturated rings. The Balaban J connectivity index is 1.88. The minimum Gasteiger partial charge on any atom is -0.350 e. The molecule has 0 bridgehead atoms. The number of hydrogen-bond donors (Lipinski definition) is 1. The monoisotopic (exact) mass is 257 g/mol. The van der Waals surface area contributed by atoms with E-state index in [2.05, 4.69) is 17.2 Å². The quantitative estimate of drug-likeness (QED) is 0.904. The lowest BCUT2D eigenvalue weighted by atomic mass is 9.80. The number of aromatic nitrogens is 1. The van der Waals surface area contributed by atoms with Gasteiger partial charge in [0, 0.05) is 12.7 Å². The summed E-state index contributed by atoms with van der Waals surface area (Å²) in [5.74, 6) is 1.11. The topological polar surface area (TPSA) is 65.8 Å². The molecule has 2 unspecified atom stereocenters. The summed E-state index contributed by atoms with van der Waals surface area (Å²) in [7, 11) is 0. The van der Waals surface area contributed by atoms with Gasteiger partial charge in [-0.25, -0.2) is 4.98 Å². The van der Waals surface area contributed by atoms with E-state index in [0.29, 0.717) is 23.1 Å². The number of carbonyl (C=O) groups excluding carboxylic acids is 1. The molecule has 2 rings (SSSR count). The van der Waals surface area contributed by atoms with Gasteiger partial charge in [0.2, 0.25) is 0 Å². The highest BCUT2D eigenvalue weighted by atomic mass is 16.1. The van der Waals surface area contributed by atoms with E-state index in [9.17, 15) is 4.79 Å². The van der Waals surface area contributed by atoms with E-state index in [0.717, 1.165) is 6.54 Å². The first-order valence-corrected chi connectivity index (χ1v) is 6.85. The lowest BCUT2D eigenvalue weighted by Crippen LogP contribution is -2.33. The number of amides is 1. The molecule has 4 heteroatoms. The van der Waals surface area contributed by atoms with E-state index in [1.54, 1.807) is 12.1 Å². The standard InChI is InChI=1S/C15H19N3O/c1-11-4-2-3-5-13(11)10-18-15(19)14-7-6-12(8-16)9-17-14/h6-7,9,11,13H,2-5,10H2,1H3,(H,18,19). The molecule has 0 aliphatic heterocycles. The average molecular weight is 257 g/mol. The van der Waals surface area contributed by atoms with Crippen LogP contribution in [-0.4, -0.2) is 17.4 Å². The summed E-state index contributed by atoms with van der Waals surface area (Å²) < 4.78 is 0. The van der Waals surface area contributed by atoms with Gasteiger partial charge in [-0.05, 0) is 30.4 Å². The van der Waals surface area contributed by atoms with E-state index >= 15 is 0 Å². The van der Waals surface area contributed by atoms with Gasteiger partial charge in [-0.1, -0.05) is 26.2 Å². The zero-order chi connectivity index (χ0) is 13.7. The average Bonchev–Trinajstić information content (AvgIpc) is 2.46. The SMILES string of the molecule is CC1CCCCC1CNC(=O)c1ccc(C#N)cn1. The van der Waals surface area contributed by atoms with Crippen molar-refractivity contribution in [1.82, 2.24) is 10.3 Å². The summed E-state index contributed by atoms with van der Waals surface area (Å²) in [5.41, 5.74) is 0.847. The molecule has 1 aromatic rings. The molecule has 4 nitrogen and oxygen atoms in total. The van der Waals surface area contributed by atoms with Gasteiger partial charge < -0.3 is 5.32 Å². The van der Waals surface area contributed by atoms with Crippen LogP contribution in [0.2, 0.25) is 0 Å². The summed E-state index contributed by atoms with van der Waals surface area (Å²) in [5, 5.41) is 11.6. The molecule has 1 amide bonds. The Labute approximate surface area is 113 Å². The van der Waals surface area contributed by atoms with Crippen molar-refractivity contribution in [2.45, 2.75) is 32.6 Å². The number of nitrogens with one attached hydrogen (secondary N) is 1. The highest BCUT2D eigenvalue weighted by Gasteiger charge is 2.21. The first-order valence-electron chi connectivity index (χ1n) is 6.85.